The quantitative estimate of drug-likeness (QED) is 0.161. The molecule has 1 aromatic heterocycles. The van der Waals surface area contributed by atoms with Crippen molar-refractivity contribution in [2.45, 2.75) is 233 Å². The molecule has 3 heterocycles. The molecule has 0 amide bonds. The molecule has 6 aromatic rings. The highest BCUT2D eigenvalue weighted by Gasteiger charge is 2.51. The second-order valence-corrected chi connectivity index (χ2v) is 30.7. The number of rotatable bonds is 2. The SMILES string of the molecule is CC(C)(C)c1cc(N2c3cc(C(C)(C)C)cc4c3B(c3cc5c(cc3N4c3ccc4c(c3)C(C)(C)CCC4(C)C)C(C)(C)CCC5(C)C)c3oc4cc5c(cc4c32)C(C)(C)CCC5(C)C)cc(C(C)(C)C)c1. The molecule has 11 rings (SSSR count). The lowest BCUT2D eigenvalue weighted by molar-refractivity contribution is 0.332. The van der Waals surface area contributed by atoms with Crippen LogP contribution in [0.3, 0.4) is 0 Å². The Bertz CT molecular complexity index is 3240. The topological polar surface area (TPSA) is 19.6 Å². The van der Waals surface area contributed by atoms with E-state index in [1.165, 1.54) is 113 Å². The number of fused-ring (bicyclic) bond motifs is 9. The van der Waals surface area contributed by atoms with Crippen LogP contribution in [0.15, 0.2) is 77.2 Å². The summed E-state index contributed by atoms with van der Waals surface area (Å²) in [7, 11) is 0. The van der Waals surface area contributed by atoms with E-state index in [1.54, 1.807) is 0 Å². The predicted octanol–water partition coefficient (Wildman–Crippen LogP) is 17.5. The molecule has 3 nitrogen and oxygen atoms in total. The molecule has 3 aliphatic carbocycles. The Kier molecular flexibility index (Phi) is 10.3. The van der Waals surface area contributed by atoms with Crippen LogP contribution in [0.4, 0.5) is 34.1 Å². The summed E-state index contributed by atoms with van der Waals surface area (Å²) in [6, 6.07) is 30.7. The van der Waals surface area contributed by atoms with Crippen LogP contribution in [-0.4, -0.2) is 6.71 Å². The van der Waals surface area contributed by atoms with Crippen molar-refractivity contribution in [1.82, 2.24) is 0 Å². The molecule has 0 radical (unpaired) electrons. The summed E-state index contributed by atoms with van der Waals surface area (Å²) in [5.41, 5.74) is 25.2. The van der Waals surface area contributed by atoms with Gasteiger partial charge in [0.1, 0.15) is 5.58 Å². The Hall–Kier alpha value is -4.70. The van der Waals surface area contributed by atoms with Gasteiger partial charge in [0.25, 0.3) is 6.71 Å². The van der Waals surface area contributed by atoms with Gasteiger partial charge in [0.2, 0.25) is 0 Å². The third-order valence-electron chi connectivity index (χ3n) is 19.5. The zero-order valence-corrected chi connectivity index (χ0v) is 48.6. The van der Waals surface area contributed by atoms with E-state index in [4.69, 9.17) is 4.42 Å². The molecule has 378 valence electrons. The van der Waals surface area contributed by atoms with Crippen molar-refractivity contribution in [2.75, 3.05) is 9.80 Å². The summed E-state index contributed by atoms with van der Waals surface area (Å²) in [5.74, 6) is 0. The zero-order chi connectivity index (χ0) is 52.2. The van der Waals surface area contributed by atoms with Gasteiger partial charge in [0.05, 0.1) is 11.3 Å². The van der Waals surface area contributed by atoms with Gasteiger partial charge in [-0.15, -0.1) is 0 Å². The Morgan fingerprint density at radius 3 is 1.32 bits per heavy atom. The number of hydrogen-bond acceptors (Lipinski definition) is 3. The second-order valence-electron chi connectivity index (χ2n) is 30.7. The van der Waals surface area contributed by atoms with E-state index < -0.39 is 0 Å². The minimum atomic E-state index is -0.139. The van der Waals surface area contributed by atoms with Gasteiger partial charge in [-0.2, -0.15) is 0 Å². The first-order valence-electron chi connectivity index (χ1n) is 27.9. The minimum absolute atomic E-state index is 0.0235. The Balaban J connectivity index is 1.33. The van der Waals surface area contributed by atoms with E-state index in [9.17, 15) is 0 Å². The lowest BCUT2D eigenvalue weighted by Gasteiger charge is -2.47. The lowest BCUT2D eigenvalue weighted by Crippen LogP contribution is -2.61. The Labute approximate surface area is 436 Å². The molecule has 2 aliphatic heterocycles. The molecule has 5 aliphatic rings. The summed E-state index contributed by atoms with van der Waals surface area (Å²) in [5, 5.41) is 1.23. The van der Waals surface area contributed by atoms with Gasteiger partial charge in [-0.3, -0.25) is 0 Å². The van der Waals surface area contributed by atoms with E-state index in [2.05, 4.69) is 228 Å². The van der Waals surface area contributed by atoms with Crippen molar-refractivity contribution in [3.63, 3.8) is 0 Å². The van der Waals surface area contributed by atoms with E-state index in [-0.39, 0.29) is 55.4 Å². The molecule has 0 unspecified atom stereocenters. The Morgan fingerprint density at radius 1 is 0.403 bits per heavy atom. The number of furan rings is 1. The number of benzene rings is 5. The maximum absolute atomic E-state index is 7.81. The first kappa shape index (κ1) is 49.5. The van der Waals surface area contributed by atoms with Crippen molar-refractivity contribution >= 4 is 68.4 Å². The molecule has 0 bridgehead atoms. The van der Waals surface area contributed by atoms with E-state index in [1.807, 2.05) is 0 Å². The van der Waals surface area contributed by atoms with Gasteiger partial charge in [-0.25, -0.2) is 0 Å². The first-order valence-corrected chi connectivity index (χ1v) is 27.9. The van der Waals surface area contributed by atoms with Crippen LogP contribution in [0.5, 0.6) is 0 Å². The second kappa shape index (κ2) is 15.0. The molecule has 0 atom stereocenters. The van der Waals surface area contributed by atoms with Crippen molar-refractivity contribution in [2.24, 2.45) is 0 Å². The van der Waals surface area contributed by atoms with Gasteiger partial charge in [0.15, 0.2) is 0 Å². The first-order chi connectivity index (χ1) is 33.0. The number of anilines is 6. The molecule has 4 heteroatoms. The minimum Gasteiger partial charge on any atom is -0.468 e. The fourth-order valence-electron chi connectivity index (χ4n) is 13.9. The highest BCUT2D eigenvalue weighted by Crippen LogP contribution is 2.56. The van der Waals surface area contributed by atoms with E-state index in [0.717, 1.165) is 36.9 Å². The largest absolute Gasteiger partial charge is 0.468 e. The maximum atomic E-state index is 7.81. The standard InChI is InChI=1S/C68H87BN2O/c1-60(2,3)40-30-41(61(4,5)6)32-44(31-40)71-55-34-42(62(7,8)9)33-54-57(55)69(59-58(71)45-36-48-51(39-56(45)72-59)68(20,21)29-26-65(48,14)15)52-37-49-50(67(18,19)28-27-66(49,16)17)38-53(52)70(54)43-22-23-46-47(35-43)64(12,13)25-24-63(46,10)11/h22-23,30-39H,24-29H2,1-21H3. The molecule has 0 saturated heterocycles. The maximum Gasteiger partial charge on any atom is 0.297 e. The average Bonchev–Trinajstić information content (AvgIpc) is 3.64. The van der Waals surface area contributed by atoms with Crippen molar-refractivity contribution in [3.05, 3.63) is 123 Å². The zero-order valence-electron chi connectivity index (χ0n) is 48.6. The van der Waals surface area contributed by atoms with Crippen molar-refractivity contribution in [3.8, 4) is 0 Å². The fourth-order valence-corrected chi connectivity index (χ4v) is 13.9. The summed E-state index contributed by atoms with van der Waals surface area (Å²) in [6.07, 6.45) is 7.01. The van der Waals surface area contributed by atoms with Crippen LogP contribution < -0.4 is 26.4 Å². The predicted molar refractivity (Wildman–Crippen MR) is 312 cm³/mol. The smallest absolute Gasteiger partial charge is 0.297 e. The van der Waals surface area contributed by atoms with Gasteiger partial charge >= 0.3 is 0 Å². The monoisotopic (exact) mass is 959 g/mol. The highest BCUT2D eigenvalue weighted by molar-refractivity contribution is 7.00. The van der Waals surface area contributed by atoms with Gasteiger partial charge in [-0.1, -0.05) is 164 Å². The van der Waals surface area contributed by atoms with Gasteiger partial charge < -0.3 is 14.2 Å². The van der Waals surface area contributed by atoms with Crippen LogP contribution in [0.2, 0.25) is 0 Å². The van der Waals surface area contributed by atoms with Crippen LogP contribution in [-0.2, 0) is 48.7 Å². The van der Waals surface area contributed by atoms with E-state index in [0.29, 0.717) is 0 Å². The summed E-state index contributed by atoms with van der Waals surface area (Å²) >= 11 is 0. The van der Waals surface area contributed by atoms with Gasteiger partial charge in [0, 0.05) is 33.8 Å². The molecule has 5 aromatic carbocycles. The van der Waals surface area contributed by atoms with Crippen LogP contribution >= 0.6 is 0 Å². The summed E-state index contributed by atoms with van der Waals surface area (Å²) < 4.78 is 7.81. The molecule has 72 heavy (non-hydrogen) atoms. The Morgan fingerprint density at radius 2 is 0.819 bits per heavy atom. The van der Waals surface area contributed by atoms with Crippen molar-refractivity contribution in [1.29, 1.82) is 0 Å². The lowest BCUT2D eigenvalue weighted by atomic mass is 9.35. The third kappa shape index (κ3) is 7.38. The van der Waals surface area contributed by atoms with Crippen molar-refractivity contribution < 1.29 is 4.42 Å². The van der Waals surface area contributed by atoms with Crippen LogP contribution in [0.1, 0.15) is 234 Å². The number of nitrogens with zero attached hydrogens (tertiary/aromatic N) is 2. The molecule has 0 spiro atoms. The summed E-state index contributed by atoms with van der Waals surface area (Å²) in [6.45, 7) is 51.0. The third-order valence-corrected chi connectivity index (χ3v) is 19.5. The molecule has 0 N–H and O–H groups in total. The van der Waals surface area contributed by atoms with Crippen LogP contribution in [0, 0.1) is 0 Å². The number of hydrogen-bond donors (Lipinski definition) is 0. The summed E-state index contributed by atoms with van der Waals surface area (Å²) in [4.78, 5) is 5.41. The molecule has 0 fully saturated rings. The normalized spacial score (nSPS) is 20.8. The van der Waals surface area contributed by atoms with Crippen LogP contribution in [0.25, 0.3) is 11.0 Å². The molecular weight excluding hydrogens is 872 g/mol. The average molecular weight is 959 g/mol. The molecular formula is C68H87BN2O. The van der Waals surface area contributed by atoms with E-state index >= 15 is 0 Å². The van der Waals surface area contributed by atoms with Gasteiger partial charge in [-0.05, 0) is 203 Å². The fraction of sp³-hybridized carbons (Fsp3) is 0.529. The molecule has 0 saturated carbocycles. The highest BCUT2D eigenvalue weighted by atomic mass is 16.3.